The van der Waals surface area contributed by atoms with Crippen LogP contribution in [0.2, 0.25) is 5.02 Å². The highest BCUT2D eigenvalue weighted by atomic mass is 35.5. The van der Waals surface area contributed by atoms with Crippen molar-refractivity contribution in [3.8, 4) is 11.1 Å². The zero-order valence-corrected chi connectivity index (χ0v) is 17.6. The number of halogens is 2. The molecule has 7 nitrogen and oxygen atoms in total. The van der Waals surface area contributed by atoms with E-state index in [0.717, 1.165) is 17.7 Å². The quantitative estimate of drug-likeness (QED) is 0.516. The first-order chi connectivity index (χ1) is 14.9. The first-order valence-corrected chi connectivity index (χ1v) is 10.2. The van der Waals surface area contributed by atoms with Crippen LogP contribution in [0.25, 0.3) is 21.9 Å². The Morgan fingerprint density at radius 1 is 1.29 bits per heavy atom. The minimum absolute atomic E-state index is 0.00830. The number of carbonyl (C=O) groups is 1. The minimum Gasteiger partial charge on any atom is -0.310 e. The summed E-state index contributed by atoms with van der Waals surface area (Å²) in [5.74, 6) is -0.357. The molecule has 3 heterocycles. The van der Waals surface area contributed by atoms with Gasteiger partial charge in [-0.1, -0.05) is 16.8 Å². The Morgan fingerprint density at radius 2 is 2.13 bits per heavy atom. The number of hydrogen-bond donors (Lipinski definition) is 1. The second kappa shape index (κ2) is 7.39. The predicted molar refractivity (Wildman–Crippen MR) is 115 cm³/mol. The molecule has 0 radical (unpaired) electrons. The first-order valence-electron chi connectivity index (χ1n) is 9.78. The number of pyridine rings is 2. The molecule has 1 saturated carbocycles. The van der Waals surface area contributed by atoms with Gasteiger partial charge in [-0.05, 0) is 42.5 Å². The molecule has 4 aromatic rings. The van der Waals surface area contributed by atoms with Gasteiger partial charge in [0.1, 0.15) is 11.6 Å². The van der Waals surface area contributed by atoms with E-state index in [4.69, 9.17) is 11.6 Å². The Bertz CT molecular complexity index is 1340. The van der Waals surface area contributed by atoms with Crippen LogP contribution < -0.4 is 5.32 Å². The average molecular weight is 437 g/mol. The molecule has 0 bridgehead atoms. The van der Waals surface area contributed by atoms with E-state index in [-0.39, 0.29) is 22.8 Å². The highest BCUT2D eigenvalue weighted by molar-refractivity contribution is 6.36. The Labute approximate surface area is 182 Å². The molecule has 0 spiro atoms. The topological polar surface area (TPSA) is 85.6 Å². The lowest BCUT2D eigenvalue weighted by atomic mass is 9.99. The Hall–Kier alpha value is -3.39. The highest BCUT2D eigenvalue weighted by Crippen LogP contribution is 2.47. The van der Waals surface area contributed by atoms with Crippen molar-refractivity contribution in [3.63, 3.8) is 0 Å². The summed E-state index contributed by atoms with van der Waals surface area (Å²) in [4.78, 5) is 21.0. The zero-order chi connectivity index (χ0) is 21.7. The van der Waals surface area contributed by atoms with Crippen molar-refractivity contribution >= 4 is 34.1 Å². The van der Waals surface area contributed by atoms with Gasteiger partial charge in [-0.3, -0.25) is 14.5 Å². The first kappa shape index (κ1) is 19.6. The van der Waals surface area contributed by atoms with Crippen molar-refractivity contribution in [2.75, 3.05) is 5.32 Å². The van der Waals surface area contributed by atoms with Gasteiger partial charge >= 0.3 is 0 Å². The van der Waals surface area contributed by atoms with Gasteiger partial charge in [0.05, 0.1) is 10.7 Å². The van der Waals surface area contributed by atoms with Crippen molar-refractivity contribution in [1.29, 1.82) is 0 Å². The second-order valence-electron chi connectivity index (χ2n) is 7.79. The van der Waals surface area contributed by atoms with E-state index < -0.39 is 5.82 Å². The van der Waals surface area contributed by atoms with Crippen LogP contribution in [0.4, 0.5) is 10.2 Å². The fourth-order valence-electron chi connectivity index (χ4n) is 3.81. The van der Waals surface area contributed by atoms with Crippen LogP contribution in [0.1, 0.15) is 23.6 Å². The van der Waals surface area contributed by atoms with E-state index in [1.165, 1.54) is 6.20 Å². The van der Waals surface area contributed by atoms with Crippen molar-refractivity contribution in [2.24, 2.45) is 13.0 Å². The van der Waals surface area contributed by atoms with Crippen molar-refractivity contribution in [2.45, 2.75) is 19.3 Å². The van der Waals surface area contributed by atoms with E-state index in [1.54, 1.807) is 36.3 Å². The third kappa shape index (κ3) is 3.53. The molecule has 1 N–H and O–H groups in total. The molecular weight excluding hydrogens is 419 g/mol. The molecule has 1 aromatic carbocycles. The molecule has 2 atom stereocenters. The lowest BCUT2D eigenvalue weighted by molar-refractivity contribution is -0.117. The lowest BCUT2D eigenvalue weighted by Gasteiger charge is -2.12. The van der Waals surface area contributed by atoms with Gasteiger partial charge in [-0.15, -0.1) is 5.10 Å². The van der Waals surface area contributed by atoms with E-state index >= 15 is 0 Å². The Balaban J connectivity index is 1.44. The van der Waals surface area contributed by atoms with Crippen molar-refractivity contribution in [3.05, 3.63) is 65.1 Å². The number of benzene rings is 1. The third-order valence-corrected chi connectivity index (χ3v) is 5.98. The number of hydrogen-bond acceptors (Lipinski definition) is 5. The normalized spacial score (nSPS) is 17.7. The second-order valence-corrected chi connectivity index (χ2v) is 8.17. The van der Waals surface area contributed by atoms with Crippen LogP contribution >= 0.6 is 11.6 Å². The standard InChI is InChI=1S/C22H18ClFN6O/c1-11-3-4-25-8-16(11)14-5-12-6-19(26-9-17(12)20(23)21(14)24)27-22(31)15-7-13(15)18-10-30(2)29-28-18/h3-6,8-10,13,15H,7H2,1-2H3,(H,26,27,31). The summed E-state index contributed by atoms with van der Waals surface area (Å²) in [5.41, 5.74) is 2.72. The van der Waals surface area contributed by atoms with Crippen LogP contribution in [0, 0.1) is 18.7 Å². The van der Waals surface area contributed by atoms with E-state index in [1.807, 2.05) is 19.2 Å². The van der Waals surface area contributed by atoms with Gasteiger partial charge < -0.3 is 5.32 Å². The molecule has 0 saturated heterocycles. The maximum Gasteiger partial charge on any atom is 0.229 e. The van der Waals surface area contributed by atoms with Crippen molar-refractivity contribution < 1.29 is 9.18 Å². The number of anilines is 1. The van der Waals surface area contributed by atoms with E-state index in [9.17, 15) is 9.18 Å². The molecule has 1 fully saturated rings. The van der Waals surface area contributed by atoms with Gasteiger partial charge in [-0.25, -0.2) is 9.37 Å². The maximum absolute atomic E-state index is 15.0. The monoisotopic (exact) mass is 436 g/mol. The summed E-state index contributed by atoms with van der Waals surface area (Å²) in [5, 5.41) is 12.0. The third-order valence-electron chi connectivity index (χ3n) is 5.61. The van der Waals surface area contributed by atoms with Crippen LogP contribution in [0.5, 0.6) is 0 Å². The Morgan fingerprint density at radius 3 is 2.87 bits per heavy atom. The Kier molecular flexibility index (Phi) is 4.66. The lowest BCUT2D eigenvalue weighted by Crippen LogP contribution is -2.15. The number of nitrogens with one attached hydrogen (secondary N) is 1. The fourth-order valence-corrected chi connectivity index (χ4v) is 4.06. The fraction of sp³-hybridized carbons (Fsp3) is 0.227. The molecule has 2 unspecified atom stereocenters. The molecule has 5 rings (SSSR count). The number of carbonyl (C=O) groups excluding carboxylic acids is 1. The summed E-state index contributed by atoms with van der Waals surface area (Å²) in [6, 6.07) is 5.22. The molecule has 9 heteroatoms. The number of aryl methyl sites for hydroxylation is 2. The van der Waals surface area contributed by atoms with Crippen LogP contribution in [0.15, 0.2) is 43.0 Å². The molecular formula is C22H18ClFN6O. The maximum atomic E-state index is 15.0. The molecule has 1 aliphatic carbocycles. The zero-order valence-electron chi connectivity index (χ0n) is 16.8. The van der Waals surface area contributed by atoms with Gasteiger partial charge in [0, 0.05) is 60.2 Å². The van der Waals surface area contributed by atoms with Crippen LogP contribution in [-0.4, -0.2) is 30.9 Å². The van der Waals surface area contributed by atoms with E-state index in [2.05, 4.69) is 25.6 Å². The largest absolute Gasteiger partial charge is 0.310 e. The summed E-state index contributed by atoms with van der Waals surface area (Å²) in [6.45, 7) is 1.88. The van der Waals surface area contributed by atoms with Gasteiger partial charge in [-0.2, -0.15) is 0 Å². The molecule has 0 aliphatic heterocycles. The van der Waals surface area contributed by atoms with Crippen molar-refractivity contribution in [1.82, 2.24) is 25.0 Å². The number of nitrogens with zero attached hydrogens (tertiary/aromatic N) is 5. The highest BCUT2D eigenvalue weighted by Gasteiger charge is 2.45. The number of aromatic nitrogens is 5. The van der Waals surface area contributed by atoms with Gasteiger partial charge in [0.15, 0.2) is 0 Å². The number of rotatable bonds is 4. The minimum atomic E-state index is -0.520. The number of amides is 1. The summed E-state index contributed by atoms with van der Waals surface area (Å²) < 4.78 is 16.6. The van der Waals surface area contributed by atoms with Gasteiger partial charge in [0.25, 0.3) is 0 Å². The summed E-state index contributed by atoms with van der Waals surface area (Å²) in [6.07, 6.45) is 7.29. The molecule has 31 heavy (non-hydrogen) atoms. The average Bonchev–Trinajstić information content (AvgIpc) is 3.45. The SMILES string of the molecule is Cc1ccncc1-c1cc2cc(NC(=O)C3CC3c3cn(C)nn3)ncc2c(Cl)c1F. The van der Waals surface area contributed by atoms with Crippen LogP contribution in [0.3, 0.4) is 0 Å². The number of fused-ring (bicyclic) bond motifs is 1. The summed E-state index contributed by atoms with van der Waals surface area (Å²) >= 11 is 6.30. The van der Waals surface area contributed by atoms with Gasteiger partial charge in [0.2, 0.25) is 5.91 Å². The van der Waals surface area contributed by atoms with E-state index in [0.29, 0.717) is 27.7 Å². The smallest absolute Gasteiger partial charge is 0.229 e. The van der Waals surface area contributed by atoms with Crippen LogP contribution in [-0.2, 0) is 11.8 Å². The summed E-state index contributed by atoms with van der Waals surface area (Å²) in [7, 11) is 1.79. The molecule has 1 aliphatic rings. The molecule has 156 valence electrons. The predicted octanol–water partition coefficient (Wildman–Crippen LogP) is 4.27. The molecule has 3 aromatic heterocycles. The molecule has 1 amide bonds.